The van der Waals surface area contributed by atoms with Crippen molar-refractivity contribution in [2.45, 2.75) is 11.9 Å². The first kappa shape index (κ1) is 8.33. The van der Waals surface area contributed by atoms with Crippen molar-refractivity contribution in [1.29, 1.82) is 0 Å². The number of nitrogens with zero attached hydrogens (tertiary/aromatic N) is 2. The van der Waals surface area contributed by atoms with Gasteiger partial charge in [-0.05, 0) is 6.26 Å². The zero-order chi connectivity index (χ0) is 8.43. The number of ketones is 1. The van der Waals surface area contributed by atoms with Crippen LogP contribution >= 0.6 is 11.8 Å². The van der Waals surface area contributed by atoms with E-state index in [-0.39, 0.29) is 5.78 Å². The minimum absolute atomic E-state index is 0.0147. The van der Waals surface area contributed by atoms with Crippen LogP contribution in [0.5, 0.6) is 0 Å². The van der Waals surface area contributed by atoms with Gasteiger partial charge in [-0.1, -0.05) is 0 Å². The number of hydrogen-bond acceptors (Lipinski definition) is 3. The summed E-state index contributed by atoms with van der Waals surface area (Å²) in [6, 6.07) is 1.80. The molecule has 1 rings (SSSR count). The quantitative estimate of drug-likeness (QED) is 0.496. The van der Waals surface area contributed by atoms with E-state index in [1.165, 1.54) is 6.92 Å². The van der Waals surface area contributed by atoms with E-state index in [2.05, 4.69) is 5.10 Å². The molecule has 0 amide bonds. The van der Waals surface area contributed by atoms with E-state index in [1.54, 1.807) is 22.5 Å². The van der Waals surface area contributed by atoms with E-state index in [0.717, 1.165) is 5.03 Å². The van der Waals surface area contributed by atoms with Crippen LogP contribution in [-0.2, 0) is 7.05 Å². The van der Waals surface area contributed by atoms with Crippen molar-refractivity contribution in [2.24, 2.45) is 7.05 Å². The summed E-state index contributed by atoms with van der Waals surface area (Å²) in [5.41, 5.74) is 0.539. The van der Waals surface area contributed by atoms with Gasteiger partial charge in [0.25, 0.3) is 0 Å². The first-order chi connectivity index (χ1) is 5.15. The topological polar surface area (TPSA) is 34.9 Å². The highest BCUT2D eigenvalue weighted by Crippen LogP contribution is 2.14. The third-order valence-corrected chi connectivity index (χ3v) is 2.21. The predicted octanol–water partition coefficient (Wildman–Crippen LogP) is 1.34. The van der Waals surface area contributed by atoms with E-state index >= 15 is 0 Å². The predicted molar refractivity (Wildman–Crippen MR) is 45.0 cm³/mol. The van der Waals surface area contributed by atoms with Crippen molar-refractivity contribution in [1.82, 2.24) is 9.78 Å². The molecule has 3 nitrogen and oxygen atoms in total. The molecule has 0 N–H and O–H groups in total. The normalized spacial score (nSPS) is 10.1. The highest BCUT2D eigenvalue weighted by molar-refractivity contribution is 7.98. The number of thioether (sulfide) groups is 1. The van der Waals surface area contributed by atoms with Gasteiger partial charge in [0.15, 0.2) is 5.78 Å². The van der Waals surface area contributed by atoms with Gasteiger partial charge < -0.3 is 0 Å². The van der Waals surface area contributed by atoms with Gasteiger partial charge in [0, 0.05) is 20.0 Å². The van der Waals surface area contributed by atoms with Crippen LogP contribution in [0.2, 0.25) is 0 Å². The highest BCUT2D eigenvalue weighted by Gasteiger charge is 2.06. The molecule has 0 fully saturated rings. The van der Waals surface area contributed by atoms with Crippen molar-refractivity contribution in [3.8, 4) is 0 Å². The van der Waals surface area contributed by atoms with E-state index in [1.807, 2.05) is 13.3 Å². The smallest absolute Gasteiger partial charge is 0.180 e. The van der Waals surface area contributed by atoms with Gasteiger partial charge in [-0.25, -0.2) is 0 Å². The van der Waals surface area contributed by atoms with Gasteiger partial charge in [0.2, 0.25) is 0 Å². The summed E-state index contributed by atoms with van der Waals surface area (Å²) in [4.78, 5) is 10.8. The zero-order valence-corrected chi connectivity index (χ0v) is 7.60. The van der Waals surface area contributed by atoms with E-state index in [0.29, 0.717) is 5.69 Å². The SMILES string of the molecule is CSc1cc(C(C)=O)nn1C. The van der Waals surface area contributed by atoms with Crippen LogP contribution in [0.1, 0.15) is 17.4 Å². The first-order valence-electron chi connectivity index (χ1n) is 3.24. The molecule has 1 aromatic heterocycles. The highest BCUT2D eigenvalue weighted by atomic mass is 32.2. The van der Waals surface area contributed by atoms with Crippen LogP contribution < -0.4 is 0 Å². The molecular formula is C7H10N2OS. The molecular weight excluding hydrogens is 160 g/mol. The number of aromatic nitrogens is 2. The number of hydrogen-bond donors (Lipinski definition) is 0. The van der Waals surface area contributed by atoms with Gasteiger partial charge in [0.1, 0.15) is 5.69 Å². The van der Waals surface area contributed by atoms with Crippen molar-refractivity contribution < 1.29 is 4.79 Å². The molecule has 1 aromatic rings. The molecule has 1 heterocycles. The Kier molecular flexibility index (Phi) is 2.34. The molecule has 0 atom stereocenters. The van der Waals surface area contributed by atoms with Crippen molar-refractivity contribution in [3.63, 3.8) is 0 Å². The van der Waals surface area contributed by atoms with Gasteiger partial charge in [-0.15, -0.1) is 11.8 Å². The maximum atomic E-state index is 10.8. The second-order valence-corrected chi connectivity index (χ2v) is 3.08. The maximum Gasteiger partial charge on any atom is 0.180 e. The standard InChI is InChI=1S/C7H10N2OS/c1-5(10)6-4-7(11-3)9(2)8-6/h4H,1-3H3. The summed E-state index contributed by atoms with van der Waals surface area (Å²) >= 11 is 1.58. The van der Waals surface area contributed by atoms with Crippen molar-refractivity contribution in [2.75, 3.05) is 6.26 Å². The summed E-state index contributed by atoms with van der Waals surface area (Å²) in [5.74, 6) is 0.0147. The Balaban J connectivity index is 3.05. The Morgan fingerprint density at radius 2 is 2.36 bits per heavy atom. The number of Topliss-reactive ketones (excluding diaryl/α,β-unsaturated/α-hetero) is 1. The van der Waals surface area contributed by atoms with Crippen LogP contribution in [0.15, 0.2) is 11.1 Å². The second kappa shape index (κ2) is 3.09. The molecule has 0 radical (unpaired) electrons. The average molecular weight is 170 g/mol. The van der Waals surface area contributed by atoms with E-state index in [4.69, 9.17) is 0 Å². The van der Waals surface area contributed by atoms with Gasteiger partial charge >= 0.3 is 0 Å². The molecule has 0 aliphatic rings. The molecule has 0 bridgehead atoms. The lowest BCUT2D eigenvalue weighted by Gasteiger charge is -1.92. The fraction of sp³-hybridized carbons (Fsp3) is 0.429. The van der Waals surface area contributed by atoms with Crippen LogP contribution in [0.3, 0.4) is 0 Å². The van der Waals surface area contributed by atoms with Gasteiger partial charge in [-0.3, -0.25) is 9.48 Å². The molecule has 0 unspecified atom stereocenters. The molecule has 0 saturated heterocycles. The third-order valence-electron chi connectivity index (χ3n) is 1.41. The third kappa shape index (κ3) is 1.63. The Morgan fingerprint density at radius 3 is 2.64 bits per heavy atom. The molecule has 4 heteroatoms. The lowest BCUT2D eigenvalue weighted by Crippen LogP contribution is -1.96. The molecule has 60 valence electrons. The first-order valence-corrected chi connectivity index (χ1v) is 4.46. The van der Waals surface area contributed by atoms with Crippen molar-refractivity contribution in [3.05, 3.63) is 11.8 Å². The summed E-state index contributed by atoms with van der Waals surface area (Å²) < 4.78 is 1.71. The number of carbonyl (C=O) groups is 1. The van der Waals surface area contributed by atoms with Crippen LogP contribution in [-0.4, -0.2) is 21.8 Å². The van der Waals surface area contributed by atoms with Crippen molar-refractivity contribution >= 4 is 17.5 Å². The Labute approximate surface area is 69.8 Å². The summed E-state index contributed by atoms with van der Waals surface area (Å²) in [5, 5.41) is 5.04. The summed E-state index contributed by atoms with van der Waals surface area (Å²) in [7, 11) is 1.83. The maximum absolute atomic E-state index is 10.8. The molecule has 0 spiro atoms. The summed E-state index contributed by atoms with van der Waals surface area (Å²) in [6.07, 6.45) is 1.96. The largest absolute Gasteiger partial charge is 0.293 e. The minimum atomic E-state index is 0.0147. The molecule has 0 aliphatic heterocycles. The number of aryl methyl sites for hydroxylation is 1. The Bertz CT molecular complexity index is 280. The van der Waals surface area contributed by atoms with Crippen LogP contribution in [0.25, 0.3) is 0 Å². The molecule has 0 saturated carbocycles. The minimum Gasteiger partial charge on any atom is -0.293 e. The molecule has 11 heavy (non-hydrogen) atoms. The summed E-state index contributed by atoms with van der Waals surface area (Å²) in [6.45, 7) is 1.52. The van der Waals surface area contributed by atoms with Gasteiger partial charge in [-0.2, -0.15) is 5.10 Å². The number of rotatable bonds is 2. The fourth-order valence-corrected chi connectivity index (χ4v) is 1.35. The number of carbonyl (C=O) groups excluding carboxylic acids is 1. The Morgan fingerprint density at radius 1 is 1.73 bits per heavy atom. The van der Waals surface area contributed by atoms with E-state index in [9.17, 15) is 4.79 Å². The fourth-order valence-electron chi connectivity index (χ4n) is 0.813. The molecule has 0 aromatic carbocycles. The second-order valence-electron chi connectivity index (χ2n) is 2.25. The molecule has 0 aliphatic carbocycles. The van der Waals surface area contributed by atoms with Crippen LogP contribution in [0, 0.1) is 0 Å². The lowest BCUT2D eigenvalue weighted by atomic mass is 10.3. The van der Waals surface area contributed by atoms with E-state index < -0.39 is 0 Å². The average Bonchev–Trinajstić information content (AvgIpc) is 2.31. The van der Waals surface area contributed by atoms with Gasteiger partial charge in [0.05, 0.1) is 5.03 Å². The zero-order valence-electron chi connectivity index (χ0n) is 6.79. The lowest BCUT2D eigenvalue weighted by molar-refractivity contribution is 0.101. The monoisotopic (exact) mass is 170 g/mol. The Hall–Kier alpha value is -0.770. The van der Waals surface area contributed by atoms with Crippen LogP contribution in [0.4, 0.5) is 0 Å².